The number of rotatable bonds is 4. The van der Waals surface area contributed by atoms with Crippen molar-refractivity contribution in [2.24, 2.45) is 0 Å². The second kappa shape index (κ2) is 5.30. The minimum absolute atomic E-state index is 0.277. The summed E-state index contributed by atoms with van der Waals surface area (Å²) in [4.78, 5) is 10.2. The Labute approximate surface area is 108 Å². The normalized spacial score (nSPS) is 11.5. The maximum absolute atomic E-state index is 13.3. The summed E-state index contributed by atoms with van der Waals surface area (Å²) in [5.41, 5.74) is 0. The highest BCUT2D eigenvalue weighted by molar-refractivity contribution is 7.89. The molecule has 0 fully saturated rings. The zero-order valence-corrected chi connectivity index (χ0v) is 11.0. The van der Waals surface area contributed by atoms with Crippen molar-refractivity contribution in [3.63, 3.8) is 0 Å². The molecule has 17 heavy (non-hydrogen) atoms. The highest BCUT2D eigenvalue weighted by Gasteiger charge is 2.21. The van der Waals surface area contributed by atoms with Crippen LogP contribution in [0.5, 0.6) is 0 Å². The highest BCUT2D eigenvalue weighted by atomic mass is 35.5. The number of hydrogen-bond acceptors (Lipinski definition) is 3. The van der Waals surface area contributed by atoms with Gasteiger partial charge in [0, 0.05) is 0 Å². The lowest BCUT2D eigenvalue weighted by molar-refractivity contribution is -0.115. The molecular weight excluding hydrogens is 292 g/mol. The predicted molar refractivity (Wildman–Crippen MR) is 62.3 cm³/mol. The molecule has 1 rings (SSSR count). The molecule has 0 unspecified atom stereocenters. The Morgan fingerprint density at radius 3 is 2.53 bits per heavy atom. The van der Waals surface area contributed by atoms with Crippen LogP contribution in [-0.4, -0.2) is 20.7 Å². The number of hydrogen-bond donors (Lipinski definition) is 1. The van der Waals surface area contributed by atoms with Gasteiger partial charge in [0.1, 0.15) is 10.7 Å². The van der Waals surface area contributed by atoms with E-state index >= 15 is 0 Å². The van der Waals surface area contributed by atoms with Gasteiger partial charge in [0.25, 0.3) is 0 Å². The van der Waals surface area contributed by atoms with Gasteiger partial charge in [0.15, 0.2) is 5.82 Å². The van der Waals surface area contributed by atoms with Crippen molar-refractivity contribution < 1.29 is 17.6 Å². The Bertz CT molecular complexity index is 560. The zero-order chi connectivity index (χ0) is 13.2. The number of carbonyl (C=O) groups is 1. The summed E-state index contributed by atoms with van der Waals surface area (Å²) in [5, 5.41) is -0.880. The Kier molecular flexibility index (Phi) is 4.48. The first-order valence-electron chi connectivity index (χ1n) is 4.38. The van der Waals surface area contributed by atoms with Crippen molar-refractivity contribution in [3.8, 4) is 0 Å². The lowest BCUT2D eigenvalue weighted by atomic mass is 10.3. The van der Waals surface area contributed by atoms with Crippen LogP contribution in [0.1, 0.15) is 6.92 Å². The van der Waals surface area contributed by atoms with Gasteiger partial charge in [0.2, 0.25) is 10.0 Å². The van der Waals surface area contributed by atoms with Crippen LogP contribution in [-0.2, 0) is 14.8 Å². The van der Waals surface area contributed by atoms with Crippen molar-refractivity contribution in [3.05, 3.63) is 28.0 Å². The van der Waals surface area contributed by atoms with Crippen LogP contribution in [0.2, 0.25) is 10.0 Å². The molecule has 0 aromatic heterocycles. The molecule has 1 aromatic rings. The van der Waals surface area contributed by atoms with Gasteiger partial charge in [-0.05, 0) is 19.1 Å². The molecule has 0 amide bonds. The molecule has 0 aliphatic rings. The highest BCUT2D eigenvalue weighted by Crippen LogP contribution is 2.29. The average Bonchev–Trinajstić information content (AvgIpc) is 2.23. The second-order valence-corrected chi connectivity index (χ2v) is 5.72. The number of benzene rings is 1. The first kappa shape index (κ1) is 14.4. The Morgan fingerprint density at radius 1 is 1.41 bits per heavy atom. The molecular formula is C9H8Cl2FNO3S. The van der Waals surface area contributed by atoms with Crippen LogP contribution in [0.3, 0.4) is 0 Å². The van der Waals surface area contributed by atoms with Crippen LogP contribution in [0.15, 0.2) is 17.0 Å². The Morgan fingerprint density at radius 2 is 2.00 bits per heavy atom. The van der Waals surface area contributed by atoms with E-state index in [0.717, 1.165) is 12.1 Å². The number of halogens is 3. The maximum Gasteiger partial charge on any atom is 0.242 e. The monoisotopic (exact) mass is 299 g/mol. The fourth-order valence-corrected chi connectivity index (χ4v) is 2.79. The van der Waals surface area contributed by atoms with Gasteiger partial charge >= 0.3 is 0 Å². The van der Waals surface area contributed by atoms with Crippen LogP contribution in [0, 0.1) is 5.82 Å². The SMILES string of the molecule is CC(=O)CNS(=O)(=O)c1ccc(Cl)c(F)c1Cl. The standard InChI is InChI=1S/C9H8Cl2FNO3S/c1-5(14)4-13-17(15,16)7-3-2-6(10)9(12)8(7)11/h2-3,13H,4H2,1H3. The molecule has 1 aromatic carbocycles. The molecule has 0 aliphatic carbocycles. The summed E-state index contributed by atoms with van der Waals surface area (Å²) in [6.45, 7) is 0.829. The molecule has 0 atom stereocenters. The van der Waals surface area contributed by atoms with Gasteiger partial charge in [-0.1, -0.05) is 23.2 Å². The van der Waals surface area contributed by atoms with Crippen LogP contribution >= 0.6 is 23.2 Å². The lowest BCUT2D eigenvalue weighted by Gasteiger charge is -2.08. The largest absolute Gasteiger partial charge is 0.299 e. The Balaban J connectivity index is 3.16. The quantitative estimate of drug-likeness (QED) is 0.865. The van der Waals surface area contributed by atoms with E-state index in [4.69, 9.17) is 23.2 Å². The van der Waals surface area contributed by atoms with E-state index in [9.17, 15) is 17.6 Å². The summed E-state index contributed by atoms with van der Waals surface area (Å²) in [6, 6.07) is 2.14. The summed E-state index contributed by atoms with van der Waals surface area (Å²) in [5.74, 6) is -1.39. The van der Waals surface area contributed by atoms with E-state index in [-0.39, 0.29) is 17.4 Å². The average molecular weight is 300 g/mol. The molecule has 0 saturated heterocycles. The van der Waals surface area contributed by atoms with E-state index in [1.807, 2.05) is 4.72 Å². The van der Waals surface area contributed by atoms with Crippen LogP contribution in [0.25, 0.3) is 0 Å². The predicted octanol–water partition coefficient (Wildman–Crippen LogP) is 2.00. The molecule has 0 heterocycles. The van der Waals surface area contributed by atoms with Gasteiger partial charge < -0.3 is 0 Å². The maximum atomic E-state index is 13.3. The van der Waals surface area contributed by atoms with E-state index < -0.39 is 25.8 Å². The van der Waals surface area contributed by atoms with Gasteiger partial charge in [-0.3, -0.25) is 4.79 Å². The van der Waals surface area contributed by atoms with Crippen molar-refractivity contribution in [2.45, 2.75) is 11.8 Å². The van der Waals surface area contributed by atoms with Crippen molar-refractivity contribution in [1.82, 2.24) is 4.72 Å². The summed E-state index contributed by atoms with van der Waals surface area (Å²) in [6.07, 6.45) is 0. The zero-order valence-electron chi connectivity index (χ0n) is 8.63. The molecule has 0 aliphatic heterocycles. The second-order valence-electron chi connectivity index (χ2n) is 3.20. The van der Waals surface area contributed by atoms with Crippen LogP contribution in [0.4, 0.5) is 4.39 Å². The van der Waals surface area contributed by atoms with Crippen molar-refractivity contribution in [1.29, 1.82) is 0 Å². The van der Waals surface area contributed by atoms with Crippen LogP contribution < -0.4 is 4.72 Å². The third-order valence-corrected chi connectivity index (χ3v) is 4.02. The minimum Gasteiger partial charge on any atom is -0.299 e. The van der Waals surface area contributed by atoms with Gasteiger partial charge in [-0.25, -0.2) is 17.5 Å². The molecule has 0 spiro atoms. The first-order valence-corrected chi connectivity index (χ1v) is 6.62. The van der Waals surface area contributed by atoms with Crippen molar-refractivity contribution >= 4 is 39.0 Å². The van der Waals surface area contributed by atoms with Gasteiger partial charge in [-0.15, -0.1) is 0 Å². The molecule has 0 bridgehead atoms. The number of carbonyl (C=O) groups excluding carboxylic acids is 1. The van der Waals surface area contributed by atoms with Gasteiger partial charge in [-0.2, -0.15) is 0 Å². The molecule has 0 radical (unpaired) electrons. The van der Waals surface area contributed by atoms with E-state index in [1.54, 1.807) is 0 Å². The first-order chi connectivity index (χ1) is 7.75. The number of nitrogens with one attached hydrogen (secondary N) is 1. The topological polar surface area (TPSA) is 63.2 Å². The summed E-state index contributed by atoms with van der Waals surface area (Å²) in [7, 11) is -4.03. The molecule has 94 valence electrons. The third-order valence-electron chi connectivity index (χ3n) is 1.80. The van der Waals surface area contributed by atoms with Crippen molar-refractivity contribution in [2.75, 3.05) is 6.54 Å². The molecule has 0 saturated carbocycles. The van der Waals surface area contributed by atoms with E-state index in [1.165, 1.54) is 6.92 Å². The van der Waals surface area contributed by atoms with Gasteiger partial charge in [0.05, 0.1) is 16.6 Å². The van der Waals surface area contributed by atoms with E-state index in [0.29, 0.717) is 0 Å². The fraction of sp³-hybridized carbons (Fsp3) is 0.222. The molecule has 1 N–H and O–H groups in total. The fourth-order valence-electron chi connectivity index (χ4n) is 0.990. The number of Topliss-reactive ketones (excluding diaryl/α,β-unsaturated/α-hetero) is 1. The molecule has 8 heteroatoms. The minimum atomic E-state index is -4.03. The van der Waals surface area contributed by atoms with E-state index in [2.05, 4.69) is 0 Å². The third kappa shape index (κ3) is 3.38. The summed E-state index contributed by atoms with van der Waals surface area (Å²) < 4.78 is 38.6. The molecule has 4 nitrogen and oxygen atoms in total. The Hall–Kier alpha value is -0.690. The summed E-state index contributed by atoms with van der Waals surface area (Å²) >= 11 is 11.0. The smallest absolute Gasteiger partial charge is 0.242 e. The number of ketones is 1. The lowest BCUT2D eigenvalue weighted by Crippen LogP contribution is -2.28. The number of sulfonamides is 1.